The molecule has 0 radical (unpaired) electrons. The lowest BCUT2D eigenvalue weighted by Crippen LogP contribution is -2.32. The van der Waals surface area contributed by atoms with Gasteiger partial charge in [0.05, 0.1) is 11.7 Å². The summed E-state index contributed by atoms with van der Waals surface area (Å²) in [5, 5.41) is 2.99. The van der Waals surface area contributed by atoms with E-state index in [0.29, 0.717) is 12.5 Å². The van der Waals surface area contributed by atoms with Gasteiger partial charge in [-0.15, -0.1) is 0 Å². The standard InChI is InChI=1S/C13H16INO2/c1-9-10(6-7-17-9)8-15-13(16)11-4-2-3-5-12(11)14/h2-5,9-10H,6-8H2,1H3,(H,15,16). The number of halogens is 1. The van der Waals surface area contributed by atoms with Gasteiger partial charge in [-0.05, 0) is 48.1 Å². The van der Waals surface area contributed by atoms with Crippen molar-refractivity contribution < 1.29 is 9.53 Å². The molecular weight excluding hydrogens is 329 g/mol. The van der Waals surface area contributed by atoms with Crippen molar-refractivity contribution in [2.45, 2.75) is 19.4 Å². The molecule has 1 saturated heterocycles. The molecule has 2 atom stereocenters. The molecule has 1 amide bonds. The Balaban J connectivity index is 1.91. The van der Waals surface area contributed by atoms with Gasteiger partial charge in [0.2, 0.25) is 0 Å². The highest BCUT2D eigenvalue weighted by molar-refractivity contribution is 14.1. The van der Waals surface area contributed by atoms with E-state index >= 15 is 0 Å². The summed E-state index contributed by atoms with van der Waals surface area (Å²) in [5.74, 6) is 0.453. The molecule has 1 N–H and O–H groups in total. The van der Waals surface area contributed by atoms with Crippen LogP contribution in [-0.4, -0.2) is 25.2 Å². The van der Waals surface area contributed by atoms with Crippen LogP contribution in [0.15, 0.2) is 24.3 Å². The fraction of sp³-hybridized carbons (Fsp3) is 0.462. The molecule has 1 aromatic carbocycles. The van der Waals surface area contributed by atoms with Crippen molar-refractivity contribution in [1.29, 1.82) is 0 Å². The van der Waals surface area contributed by atoms with Crippen LogP contribution < -0.4 is 5.32 Å². The molecule has 1 aliphatic heterocycles. The van der Waals surface area contributed by atoms with Crippen molar-refractivity contribution in [3.63, 3.8) is 0 Å². The van der Waals surface area contributed by atoms with E-state index in [0.717, 1.165) is 22.2 Å². The van der Waals surface area contributed by atoms with Gasteiger partial charge in [0.25, 0.3) is 5.91 Å². The number of hydrogen-bond acceptors (Lipinski definition) is 2. The first-order valence-corrected chi connectivity index (χ1v) is 6.90. The molecular formula is C13H16INO2. The SMILES string of the molecule is CC1OCCC1CNC(=O)c1ccccc1I. The molecule has 1 aliphatic rings. The zero-order chi connectivity index (χ0) is 12.3. The van der Waals surface area contributed by atoms with Crippen LogP contribution in [0.5, 0.6) is 0 Å². The summed E-state index contributed by atoms with van der Waals surface area (Å²) in [7, 11) is 0. The zero-order valence-electron chi connectivity index (χ0n) is 9.78. The van der Waals surface area contributed by atoms with Crippen LogP contribution in [0.4, 0.5) is 0 Å². The zero-order valence-corrected chi connectivity index (χ0v) is 11.9. The van der Waals surface area contributed by atoms with Crippen LogP contribution in [0.25, 0.3) is 0 Å². The molecule has 17 heavy (non-hydrogen) atoms. The summed E-state index contributed by atoms with van der Waals surface area (Å²) in [6.45, 7) is 3.58. The Morgan fingerprint density at radius 1 is 1.53 bits per heavy atom. The predicted octanol–water partition coefficient (Wildman–Crippen LogP) is 2.45. The quantitative estimate of drug-likeness (QED) is 0.855. The first-order chi connectivity index (χ1) is 8.18. The molecule has 0 spiro atoms. The molecule has 1 fully saturated rings. The summed E-state index contributed by atoms with van der Waals surface area (Å²) >= 11 is 2.18. The molecule has 0 bridgehead atoms. The van der Waals surface area contributed by atoms with E-state index < -0.39 is 0 Å². The van der Waals surface area contributed by atoms with Crippen molar-refractivity contribution in [1.82, 2.24) is 5.32 Å². The minimum atomic E-state index is 0.00843. The Labute approximate surface area is 115 Å². The maximum absolute atomic E-state index is 12.0. The number of rotatable bonds is 3. The maximum atomic E-state index is 12.0. The van der Waals surface area contributed by atoms with Gasteiger partial charge in [-0.25, -0.2) is 0 Å². The topological polar surface area (TPSA) is 38.3 Å². The van der Waals surface area contributed by atoms with Crippen molar-refractivity contribution in [3.05, 3.63) is 33.4 Å². The van der Waals surface area contributed by atoms with E-state index in [1.807, 2.05) is 24.3 Å². The van der Waals surface area contributed by atoms with E-state index in [2.05, 4.69) is 34.8 Å². The average molecular weight is 345 g/mol. The minimum absolute atomic E-state index is 0.00843. The van der Waals surface area contributed by atoms with Gasteiger partial charge in [-0.3, -0.25) is 4.79 Å². The first-order valence-electron chi connectivity index (χ1n) is 5.83. The van der Waals surface area contributed by atoms with Gasteiger partial charge in [-0.2, -0.15) is 0 Å². The van der Waals surface area contributed by atoms with Crippen LogP contribution in [0.3, 0.4) is 0 Å². The highest BCUT2D eigenvalue weighted by Gasteiger charge is 2.24. The third kappa shape index (κ3) is 3.19. The fourth-order valence-electron chi connectivity index (χ4n) is 2.01. The van der Waals surface area contributed by atoms with E-state index in [9.17, 15) is 4.79 Å². The molecule has 1 heterocycles. The number of ether oxygens (including phenoxy) is 1. The van der Waals surface area contributed by atoms with Crippen LogP contribution in [0.1, 0.15) is 23.7 Å². The summed E-state index contributed by atoms with van der Waals surface area (Å²) in [6.07, 6.45) is 1.29. The third-order valence-electron chi connectivity index (χ3n) is 3.18. The normalized spacial score (nSPS) is 23.6. The number of benzene rings is 1. The number of carbonyl (C=O) groups excluding carboxylic acids is 1. The highest BCUT2D eigenvalue weighted by Crippen LogP contribution is 2.19. The Morgan fingerprint density at radius 3 is 2.94 bits per heavy atom. The second kappa shape index (κ2) is 5.82. The van der Waals surface area contributed by atoms with Gasteiger partial charge in [0.15, 0.2) is 0 Å². The predicted molar refractivity (Wildman–Crippen MR) is 75.0 cm³/mol. The van der Waals surface area contributed by atoms with Crippen molar-refractivity contribution >= 4 is 28.5 Å². The van der Waals surface area contributed by atoms with Gasteiger partial charge in [-0.1, -0.05) is 12.1 Å². The molecule has 4 heteroatoms. The highest BCUT2D eigenvalue weighted by atomic mass is 127. The maximum Gasteiger partial charge on any atom is 0.252 e. The number of nitrogens with one attached hydrogen (secondary N) is 1. The van der Waals surface area contributed by atoms with Crippen molar-refractivity contribution in [2.75, 3.05) is 13.2 Å². The Bertz CT molecular complexity index is 408. The largest absolute Gasteiger partial charge is 0.378 e. The molecule has 0 aliphatic carbocycles. The van der Waals surface area contributed by atoms with Crippen LogP contribution in [-0.2, 0) is 4.74 Å². The van der Waals surface area contributed by atoms with E-state index in [-0.39, 0.29) is 12.0 Å². The molecule has 2 unspecified atom stereocenters. The second-order valence-corrected chi connectivity index (χ2v) is 5.48. The Kier molecular flexibility index (Phi) is 4.39. The van der Waals surface area contributed by atoms with E-state index in [4.69, 9.17) is 4.74 Å². The lowest BCUT2D eigenvalue weighted by Gasteiger charge is -2.15. The van der Waals surface area contributed by atoms with Gasteiger partial charge >= 0.3 is 0 Å². The molecule has 0 aromatic heterocycles. The molecule has 0 saturated carbocycles. The molecule has 92 valence electrons. The van der Waals surface area contributed by atoms with E-state index in [1.54, 1.807) is 0 Å². The van der Waals surface area contributed by atoms with Crippen LogP contribution in [0.2, 0.25) is 0 Å². The average Bonchev–Trinajstić information content (AvgIpc) is 2.72. The van der Waals surface area contributed by atoms with Crippen molar-refractivity contribution in [2.24, 2.45) is 5.92 Å². The van der Waals surface area contributed by atoms with Gasteiger partial charge < -0.3 is 10.1 Å². The fourth-order valence-corrected chi connectivity index (χ4v) is 2.64. The lowest BCUT2D eigenvalue weighted by molar-refractivity contribution is 0.0906. The van der Waals surface area contributed by atoms with Gasteiger partial charge in [0.1, 0.15) is 0 Å². The van der Waals surface area contributed by atoms with Crippen molar-refractivity contribution in [3.8, 4) is 0 Å². The second-order valence-electron chi connectivity index (χ2n) is 4.31. The summed E-state index contributed by atoms with van der Waals surface area (Å²) < 4.78 is 6.46. The van der Waals surface area contributed by atoms with E-state index in [1.165, 1.54) is 0 Å². The monoisotopic (exact) mass is 345 g/mol. The summed E-state index contributed by atoms with van der Waals surface area (Å²) in [4.78, 5) is 12.0. The Morgan fingerprint density at radius 2 is 2.29 bits per heavy atom. The lowest BCUT2D eigenvalue weighted by atomic mass is 10.0. The number of hydrogen-bond donors (Lipinski definition) is 1. The van der Waals surface area contributed by atoms with Crippen LogP contribution >= 0.6 is 22.6 Å². The smallest absolute Gasteiger partial charge is 0.252 e. The summed E-state index contributed by atoms with van der Waals surface area (Å²) in [6, 6.07) is 7.62. The van der Waals surface area contributed by atoms with Gasteiger partial charge in [0, 0.05) is 22.6 Å². The molecule has 2 rings (SSSR count). The first kappa shape index (κ1) is 12.8. The number of amides is 1. The Hall–Kier alpha value is -0.620. The number of carbonyl (C=O) groups is 1. The summed E-state index contributed by atoms with van der Waals surface area (Å²) in [5.41, 5.74) is 0.750. The van der Waals surface area contributed by atoms with Crippen LogP contribution in [0, 0.1) is 9.49 Å². The molecule has 3 nitrogen and oxygen atoms in total. The minimum Gasteiger partial charge on any atom is -0.378 e. The third-order valence-corrected chi connectivity index (χ3v) is 4.12. The molecule has 1 aromatic rings.